The molecule has 3 heterocycles. The molecule has 2 aliphatic heterocycles. The van der Waals surface area contributed by atoms with Crippen molar-refractivity contribution in [1.82, 2.24) is 14.5 Å². The largest absolute Gasteiger partial charge is 0.340 e. The van der Waals surface area contributed by atoms with E-state index in [1.807, 2.05) is 34.9 Å². The van der Waals surface area contributed by atoms with Crippen LogP contribution in [0.2, 0.25) is 0 Å². The zero-order valence-electron chi connectivity index (χ0n) is 14.0. The topological polar surface area (TPSA) is 41.4 Å². The zero-order valence-corrected chi connectivity index (χ0v) is 14.0. The normalized spacial score (nSPS) is 17.4. The summed E-state index contributed by atoms with van der Waals surface area (Å²) in [6.07, 6.45) is 3.80. The van der Waals surface area contributed by atoms with Gasteiger partial charge in [0.25, 0.3) is 5.56 Å². The molecule has 1 saturated heterocycles. The van der Waals surface area contributed by atoms with Crippen molar-refractivity contribution in [2.45, 2.75) is 25.8 Å². The molecule has 0 spiro atoms. The highest BCUT2D eigenvalue weighted by molar-refractivity contribution is 5.60. The van der Waals surface area contributed by atoms with Gasteiger partial charge in [-0.15, -0.1) is 0 Å². The van der Waals surface area contributed by atoms with Crippen LogP contribution < -0.4 is 10.5 Å². The molecule has 0 unspecified atom stereocenters. The number of aromatic nitrogens is 2. The fraction of sp³-hybridized carbons (Fsp3) is 0.474. The number of likely N-dealkylation sites (tertiary alicyclic amines) is 1. The van der Waals surface area contributed by atoms with Crippen LogP contribution in [-0.4, -0.2) is 47.2 Å². The summed E-state index contributed by atoms with van der Waals surface area (Å²) in [6, 6.07) is 11.6. The lowest BCUT2D eigenvalue weighted by atomic mass is 10.1. The summed E-state index contributed by atoms with van der Waals surface area (Å²) >= 11 is 0. The van der Waals surface area contributed by atoms with Crippen LogP contribution >= 0.6 is 0 Å². The van der Waals surface area contributed by atoms with E-state index in [1.165, 1.54) is 25.9 Å². The van der Waals surface area contributed by atoms with Crippen LogP contribution in [-0.2, 0) is 6.54 Å². The summed E-state index contributed by atoms with van der Waals surface area (Å²) in [5.41, 5.74) is 1.83. The third-order valence-electron chi connectivity index (χ3n) is 5.04. The fourth-order valence-electron chi connectivity index (χ4n) is 3.73. The summed E-state index contributed by atoms with van der Waals surface area (Å²) < 4.78 is 1.81. The second kappa shape index (κ2) is 6.77. The van der Waals surface area contributed by atoms with Gasteiger partial charge in [-0.25, -0.2) is 4.98 Å². The van der Waals surface area contributed by atoms with Gasteiger partial charge in [-0.2, -0.15) is 0 Å². The first-order chi connectivity index (χ1) is 11.8. The Kier molecular flexibility index (Phi) is 4.34. The second-order valence-corrected chi connectivity index (χ2v) is 6.69. The molecular formula is C19H24N4O. The lowest BCUT2D eigenvalue weighted by Gasteiger charge is -2.20. The molecule has 5 nitrogen and oxygen atoms in total. The maximum atomic E-state index is 12.4. The van der Waals surface area contributed by atoms with Crippen molar-refractivity contribution < 1.29 is 0 Å². The third kappa shape index (κ3) is 3.08. The Balaban J connectivity index is 1.51. The van der Waals surface area contributed by atoms with E-state index in [9.17, 15) is 4.79 Å². The SMILES string of the molecule is O=c1cc(-c2ccccc2)nc2n1CCN2CCCN1CCCC1. The molecule has 0 radical (unpaired) electrons. The Morgan fingerprint density at radius 2 is 1.75 bits per heavy atom. The smallest absolute Gasteiger partial charge is 0.255 e. The van der Waals surface area contributed by atoms with Crippen molar-refractivity contribution in [3.05, 3.63) is 46.8 Å². The van der Waals surface area contributed by atoms with Crippen LogP contribution in [0.15, 0.2) is 41.2 Å². The van der Waals surface area contributed by atoms with Crippen LogP contribution in [0.1, 0.15) is 19.3 Å². The highest BCUT2D eigenvalue weighted by Crippen LogP contribution is 2.22. The van der Waals surface area contributed by atoms with E-state index >= 15 is 0 Å². The van der Waals surface area contributed by atoms with Gasteiger partial charge < -0.3 is 9.80 Å². The average Bonchev–Trinajstić information content (AvgIpc) is 3.26. The molecule has 2 aliphatic rings. The van der Waals surface area contributed by atoms with Gasteiger partial charge in [0.2, 0.25) is 5.95 Å². The van der Waals surface area contributed by atoms with Crippen molar-refractivity contribution in [3.63, 3.8) is 0 Å². The molecule has 1 aromatic carbocycles. The van der Waals surface area contributed by atoms with Gasteiger partial charge in [-0.3, -0.25) is 9.36 Å². The quantitative estimate of drug-likeness (QED) is 0.846. The predicted octanol–water partition coefficient (Wildman–Crippen LogP) is 2.22. The van der Waals surface area contributed by atoms with Gasteiger partial charge in [0.05, 0.1) is 5.69 Å². The second-order valence-electron chi connectivity index (χ2n) is 6.69. The Morgan fingerprint density at radius 3 is 2.54 bits per heavy atom. The van der Waals surface area contributed by atoms with Gasteiger partial charge in [-0.1, -0.05) is 30.3 Å². The summed E-state index contributed by atoms with van der Waals surface area (Å²) in [6.45, 7) is 6.25. The highest BCUT2D eigenvalue weighted by atomic mass is 16.1. The van der Waals surface area contributed by atoms with E-state index in [1.54, 1.807) is 6.07 Å². The first-order valence-corrected chi connectivity index (χ1v) is 8.96. The predicted molar refractivity (Wildman–Crippen MR) is 96.4 cm³/mol. The summed E-state index contributed by atoms with van der Waals surface area (Å²) in [4.78, 5) is 22.0. The molecular weight excluding hydrogens is 300 g/mol. The number of rotatable bonds is 5. The lowest BCUT2D eigenvalue weighted by molar-refractivity contribution is 0.335. The molecule has 0 N–H and O–H groups in total. The van der Waals surface area contributed by atoms with Crippen molar-refractivity contribution >= 4 is 5.95 Å². The zero-order chi connectivity index (χ0) is 16.4. The minimum absolute atomic E-state index is 0.0564. The Hall–Kier alpha value is -2.14. The first-order valence-electron chi connectivity index (χ1n) is 8.96. The summed E-state index contributed by atoms with van der Waals surface area (Å²) in [7, 11) is 0. The molecule has 2 aromatic rings. The maximum absolute atomic E-state index is 12.4. The molecule has 0 amide bonds. The standard InChI is InChI=1S/C19H24N4O/c24-18-15-17(16-7-2-1-3-8-16)20-19-22(13-14-23(18)19)12-6-11-21-9-4-5-10-21/h1-3,7-8,15H,4-6,9-14H2. The molecule has 0 bridgehead atoms. The maximum Gasteiger partial charge on any atom is 0.255 e. The number of nitrogens with zero attached hydrogens (tertiary/aromatic N) is 4. The highest BCUT2D eigenvalue weighted by Gasteiger charge is 2.22. The van der Waals surface area contributed by atoms with Crippen LogP contribution in [0.4, 0.5) is 5.95 Å². The van der Waals surface area contributed by atoms with E-state index in [0.717, 1.165) is 49.8 Å². The van der Waals surface area contributed by atoms with Gasteiger partial charge in [0.1, 0.15) is 0 Å². The molecule has 24 heavy (non-hydrogen) atoms. The monoisotopic (exact) mass is 324 g/mol. The molecule has 1 fully saturated rings. The molecule has 0 saturated carbocycles. The van der Waals surface area contributed by atoms with E-state index in [-0.39, 0.29) is 5.56 Å². The van der Waals surface area contributed by atoms with Crippen LogP contribution in [0.25, 0.3) is 11.3 Å². The van der Waals surface area contributed by atoms with Gasteiger partial charge in [-0.05, 0) is 38.9 Å². The molecule has 0 atom stereocenters. The average molecular weight is 324 g/mol. The van der Waals surface area contributed by atoms with Crippen molar-refractivity contribution in [2.75, 3.05) is 37.6 Å². The van der Waals surface area contributed by atoms with Gasteiger partial charge in [0.15, 0.2) is 0 Å². The Labute approximate surface area is 142 Å². The van der Waals surface area contributed by atoms with Crippen molar-refractivity contribution in [1.29, 1.82) is 0 Å². The van der Waals surface area contributed by atoms with E-state index in [0.29, 0.717) is 0 Å². The van der Waals surface area contributed by atoms with Crippen LogP contribution in [0.3, 0.4) is 0 Å². The Morgan fingerprint density at radius 1 is 0.958 bits per heavy atom. The molecule has 5 heteroatoms. The number of benzene rings is 1. The first kappa shape index (κ1) is 15.4. The fourth-order valence-corrected chi connectivity index (χ4v) is 3.73. The third-order valence-corrected chi connectivity index (χ3v) is 5.04. The van der Waals surface area contributed by atoms with Gasteiger partial charge in [0, 0.05) is 31.3 Å². The number of hydrogen-bond donors (Lipinski definition) is 0. The van der Waals surface area contributed by atoms with Crippen LogP contribution in [0.5, 0.6) is 0 Å². The minimum Gasteiger partial charge on any atom is -0.340 e. The van der Waals surface area contributed by atoms with Crippen molar-refractivity contribution in [3.8, 4) is 11.3 Å². The van der Waals surface area contributed by atoms with E-state index in [2.05, 4.69) is 9.80 Å². The minimum atomic E-state index is 0.0564. The molecule has 4 rings (SSSR count). The summed E-state index contributed by atoms with van der Waals surface area (Å²) in [5.74, 6) is 0.836. The number of hydrogen-bond acceptors (Lipinski definition) is 4. The van der Waals surface area contributed by atoms with Gasteiger partial charge >= 0.3 is 0 Å². The molecule has 0 aliphatic carbocycles. The van der Waals surface area contributed by atoms with E-state index < -0.39 is 0 Å². The number of anilines is 1. The Bertz CT molecular complexity index is 750. The lowest BCUT2D eigenvalue weighted by Crippen LogP contribution is -2.28. The summed E-state index contributed by atoms with van der Waals surface area (Å²) in [5, 5.41) is 0. The van der Waals surface area contributed by atoms with Crippen molar-refractivity contribution in [2.24, 2.45) is 0 Å². The molecule has 1 aromatic heterocycles. The molecule has 126 valence electrons. The number of fused-ring (bicyclic) bond motifs is 1. The van der Waals surface area contributed by atoms with E-state index in [4.69, 9.17) is 4.98 Å². The van der Waals surface area contributed by atoms with Crippen LogP contribution in [0, 0.1) is 0 Å².